The molecular weight excluding hydrogens is 297 g/mol. The molecule has 0 saturated heterocycles. The number of nitrogens with zero attached hydrogens (tertiary/aromatic N) is 1. The molecule has 0 bridgehead atoms. The summed E-state index contributed by atoms with van der Waals surface area (Å²) in [6.07, 6.45) is -4.61. The number of nitro benzene ring substituents is 1. The maximum absolute atomic E-state index is 13.0. The number of nitrogen functional groups attached to an aromatic ring is 1. The van der Waals surface area contributed by atoms with Crippen LogP contribution >= 0.6 is 0 Å². The van der Waals surface area contributed by atoms with Crippen LogP contribution in [0.25, 0.3) is 0 Å². The Morgan fingerprint density at radius 2 is 1.68 bits per heavy atom. The van der Waals surface area contributed by atoms with Gasteiger partial charge in [0.15, 0.2) is 0 Å². The fourth-order valence-electron chi connectivity index (χ4n) is 1.80. The van der Waals surface area contributed by atoms with Crippen LogP contribution in [0.4, 0.5) is 24.5 Å². The third-order valence-corrected chi connectivity index (χ3v) is 2.80. The van der Waals surface area contributed by atoms with Crippen molar-refractivity contribution in [1.82, 2.24) is 0 Å². The van der Waals surface area contributed by atoms with Crippen molar-refractivity contribution in [3.63, 3.8) is 0 Å². The summed E-state index contributed by atoms with van der Waals surface area (Å²) in [7, 11) is 0. The number of anilines is 1. The molecule has 2 rings (SSSR count). The number of benzene rings is 2. The molecule has 0 heterocycles. The van der Waals surface area contributed by atoms with Crippen molar-refractivity contribution in [2.75, 3.05) is 5.73 Å². The standard InChI is InChI=1S/C15H9F3N2O2/c16-15(17,18)14-11(2-1-3-13(14)19)7-4-10-5-8-12(9-6-10)20(21)22/h1-3,5-6,8-9H,19H2. The molecule has 0 amide bonds. The van der Waals surface area contributed by atoms with Crippen LogP contribution in [0, 0.1) is 22.0 Å². The predicted octanol–water partition coefficient (Wildman–Crippen LogP) is 3.60. The Morgan fingerprint density at radius 1 is 1.05 bits per heavy atom. The molecular formula is C15H9F3N2O2. The van der Waals surface area contributed by atoms with Gasteiger partial charge in [-0.15, -0.1) is 0 Å². The molecule has 0 spiro atoms. The van der Waals surface area contributed by atoms with Crippen molar-refractivity contribution in [1.29, 1.82) is 0 Å². The fraction of sp³-hybridized carbons (Fsp3) is 0.0667. The number of alkyl halides is 3. The van der Waals surface area contributed by atoms with Crippen molar-refractivity contribution in [3.8, 4) is 11.8 Å². The molecule has 0 radical (unpaired) electrons. The number of non-ortho nitro benzene ring substituents is 1. The third-order valence-electron chi connectivity index (χ3n) is 2.80. The molecule has 2 aromatic rings. The van der Waals surface area contributed by atoms with E-state index in [0.717, 1.165) is 6.07 Å². The molecule has 4 nitrogen and oxygen atoms in total. The van der Waals surface area contributed by atoms with Crippen LogP contribution in [0.5, 0.6) is 0 Å². The SMILES string of the molecule is Nc1cccc(C#Cc2ccc([N+](=O)[O-])cc2)c1C(F)(F)F. The van der Waals surface area contributed by atoms with E-state index in [4.69, 9.17) is 5.73 Å². The molecule has 0 aliphatic carbocycles. The van der Waals surface area contributed by atoms with Crippen LogP contribution in [-0.2, 0) is 6.18 Å². The highest BCUT2D eigenvalue weighted by molar-refractivity contribution is 5.59. The van der Waals surface area contributed by atoms with Crippen molar-refractivity contribution in [2.24, 2.45) is 0 Å². The molecule has 0 aliphatic heterocycles. The van der Waals surface area contributed by atoms with Gasteiger partial charge in [-0.25, -0.2) is 0 Å². The average molecular weight is 306 g/mol. The lowest BCUT2D eigenvalue weighted by Gasteiger charge is -2.11. The highest BCUT2D eigenvalue weighted by Crippen LogP contribution is 2.35. The van der Waals surface area contributed by atoms with Gasteiger partial charge in [0.2, 0.25) is 0 Å². The van der Waals surface area contributed by atoms with Crippen molar-refractivity contribution < 1.29 is 18.1 Å². The summed E-state index contributed by atoms with van der Waals surface area (Å²) in [5.41, 5.74) is 3.98. The number of hydrogen-bond donors (Lipinski definition) is 1. The van der Waals surface area contributed by atoms with Gasteiger partial charge in [-0.2, -0.15) is 13.2 Å². The summed E-state index contributed by atoms with van der Waals surface area (Å²) in [5, 5.41) is 10.5. The summed E-state index contributed by atoms with van der Waals surface area (Å²) in [6.45, 7) is 0. The first-order valence-corrected chi connectivity index (χ1v) is 6.01. The van der Waals surface area contributed by atoms with E-state index in [2.05, 4.69) is 11.8 Å². The second-order valence-corrected chi connectivity index (χ2v) is 4.32. The Kier molecular flexibility index (Phi) is 4.04. The van der Waals surface area contributed by atoms with E-state index in [0.29, 0.717) is 5.56 Å². The zero-order chi connectivity index (χ0) is 16.3. The normalized spacial score (nSPS) is 10.7. The topological polar surface area (TPSA) is 69.2 Å². The van der Waals surface area contributed by atoms with Crippen LogP contribution in [0.3, 0.4) is 0 Å². The van der Waals surface area contributed by atoms with Gasteiger partial charge in [0.05, 0.1) is 10.5 Å². The van der Waals surface area contributed by atoms with Crippen LogP contribution in [0.15, 0.2) is 42.5 Å². The molecule has 112 valence electrons. The molecule has 2 N–H and O–H groups in total. The summed E-state index contributed by atoms with van der Waals surface area (Å²) in [4.78, 5) is 9.94. The van der Waals surface area contributed by atoms with E-state index >= 15 is 0 Å². The molecule has 7 heteroatoms. The number of halogens is 3. The Morgan fingerprint density at radius 3 is 2.23 bits per heavy atom. The highest BCUT2D eigenvalue weighted by atomic mass is 19.4. The lowest BCUT2D eigenvalue weighted by Crippen LogP contribution is -2.11. The van der Waals surface area contributed by atoms with E-state index in [-0.39, 0.29) is 11.3 Å². The number of nitrogens with two attached hydrogens (primary N) is 1. The third kappa shape index (κ3) is 3.35. The van der Waals surface area contributed by atoms with Gasteiger partial charge in [0.1, 0.15) is 0 Å². The van der Waals surface area contributed by atoms with Crippen LogP contribution < -0.4 is 5.73 Å². The maximum atomic E-state index is 13.0. The second-order valence-electron chi connectivity index (χ2n) is 4.32. The van der Waals surface area contributed by atoms with E-state index in [1.165, 1.54) is 36.4 Å². The minimum atomic E-state index is -4.61. The first kappa shape index (κ1) is 15.4. The lowest BCUT2D eigenvalue weighted by atomic mass is 10.0. The van der Waals surface area contributed by atoms with Crippen molar-refractivity contribution in [3.05, 3.63) is 69.3 Å². The molecule has 0 unspecified atom stereocenters. The predicted molar refractivity (Wildman–Crippen MR) is 74.9 cm³/mol. The highest BCUT2D eigenvalue weighted by Gasteiger charge is 2.35. The Balaban J connectivity index is 2.40. The summed E-state index contributed by atoms with van der Waals surface area (Å²) in [5.74, 6) is 4.94. The molecule has 22 heavy (non-hydrogen) atoms. The van der Waals surface area contributed by atoms with Gasteiger partial charge in [0, 0.05) is 28.9 Å². The largest absolute Gasteiger partial charge is 0.419 e. The van der Waals surface area contributed by atoms with E-state index in [1.807, 2.05) is 0 Å². The molecule has 2 aromatic carbocycles. The van der Waals surface area contributed by atoms with Gasteiger partial charge in [-0.1, -0.05) is 17.9 Å². The van der Waals surface area contributed by atoms with E-state index in [1.54, 1.807) is 0 Å². The minimum absolute atomic E-state index is 0.120. The monoisotopic (exact) mass is 306 g/mol. The summed E-state index contributed by atoms with van der Waals surface area (Å²) >= 11 is 0. The first-order valence-electron chi connectivity index (χ1n) is 6.01. The summed E-state index contributed by atoms with van der Waals surface area (Å²) in [6, 6.07) is 8.94. The molecule has 0 atom stereocenters. The molecule has 0 fully saturated rings. The van der Waals surface area contributed by atoms with Gasteiger partial charge < -0.3 is 5.73 Å². The van der Waals surface area contributed by atoms with Crippen LogP contribution in [-0.4, -0.2) is 4.92 Å². The molecule has 0 saturated carbocycles. The average Bonchev–Trinajstić information content (AvgIpc) is 2.44. The number of nitro groups is 1. The Bertz CT molecular complexity index is 772. The van der Waals surface area contributed by atoms with Crippen LogP contribution in [0.2, 0.25) is 0 Å². The Hall–Kier alpha value is -3.01. The van der Waals surface area contributed by atoms with E-state index in [9.17, 15) is 23.3 Å². The van der Waals surface area contributed by atoms with E-state index < -0.39 is 22.4 Å². The summed E-state index contributed by atoms with van der Waals surface area (Å²) < 4.78 is 38.9. The number of hydrogen-bond acceptors (Lipinski definition) is 3. The Labute approximate surface area is 123 Å². The maximum Gasteiger partial charge on any atom is 0.419 e. The van der Waals surface area contributed by atoms with Gasteiger partial charge in [0.25, 0.3) is 5.69 Å². The fourth-order valence-corrected chi connectivity index (χ4v) is 1.80. The van der Waals surface area contributed by atoms with Crippen molar-refractivity contribution in [2.45, 2.75) is 6.18 Å². The zero-order valence-electron chi connectivity index (χ0n) is 11.0. The van der Waals surface area contributed by atoms with Crippen molar-refractivity contribution >= 4 is 11.4 Å². The zero-order valence-corrected chi connectivity index (χ0v) is 11.0. The van der Waals surface area contributed by atoms with Crippen LogP contribution in [0.1, 0.15) is 16.7 Å². The van der Waals surface area contributed by atoms with Gasteiger partial charge in [-0.3, -0.25) is 10.1 Å². The van der Waals surface area contributed by atoms with Gasteiger partial charge >= 0.3 is 6.18 Å². The molecule has 0 aromatic heterocycles. The second kappa shape index (κ2) is 5.77. The molecule has 0 aliphatic rings. The quantitative estimate of drug-likeness (QED) is 0.379. The van der Waals surface area contributed by atoms with Gasteiger partial charge in [-0.05, 0) is 24.3 Å². The number of rotatable bonds is 1. The smallest absolute Gasteiger partial charge is 0.398 e. The first-order chi connectivity index (χ1) is 10.3. The lowest BCUT2D eigenvalue weighted by molar-refractivity contribution is -0.384. The minimum Gasteiger partial charge on any atom is -0.398 e.